The molecule has 118 valence electrons. The smallest absolute Gasteiger partial charge is 0.243 e. The Morgan fingerprint density at radius 1 is 1.19 bits per heavy atom. The van der Waals surface area contributed by atoms with E-state index < -0.39 is 10.0 Å². The molecule has 0 radical (unpaired) electrons. The van der Waals surface area contributed by atoms with Gasteiger partial charge in [-0.2, -0.15) is 4.31 Å². The zero-order valence-electron chi connectivity index (χ0n) is 12.7. The lowest BCUT2D eigenvalue weighted by atomic mass is 10.2. The van der Waals surface area contributed by atoms with Crippen molar-refractivity contribution in [3.05, 3.63) is 29.8 Å². The van der Waals surface area contributed by atoms with Crippen molar-refractivity contribution < 1.29 is 13.5 Å². The van der Waals surface area contributed by atoms with E-state index in [0.717, 1.165) is 19.6 Å². The maximum Gasteiger partial charge on any atom is 0.243 e. The summed E-state index contributed by atoms with van der Waals surface area (Å²) < 4.78 is 26.8. The van der Waals surface area contributed by atoms with E-state index in [2.05, 4.69) is 18.7 Å². The molecule has 1 N–H and O–H groups in total. The molecule has 1 aliphatic rings. The Balaban J connectivity index is 2.07. The van der Waals surface area contributed by atoms with Crippen molar-refractivity contribution in [2.45, 2.75) is 25.3 Å². The average molecular weight is 312 g/mol. The minimum atomic E-state index is -3.45. The Labute approximate surface area is 127 Å². The molecule has 6 heteroatoms. The van der Waals surface area contributed by atoms with E-state index in [1.807, 2.05) is 0 Å². The van der Waals surface area contributed by atoms with Crippen LogP contribution in [0.15, 0.2) is 29.2 Å². The van der Waals surface area contributed by atoms with Crippen LogP contribution < -0.4 is 0 Å². The summed E-state index contributed by atoms with van der Waals surface area (Å²) in [4.78, 5) is 2.58. The molecule has 0 atom stereocenters. The SMILES string of the molecule is CC(C)CN1CCN(S(=O)(=O)c2cccc(CO)c2)CC1. The Bertz CT molecular complexity index is 564. The van der Waals surface area contributed by atoms with Crippen LogP contribution in [0.3, 0.4) is 0 Å². The lowest BCUT2D eigenvalue weighted by Crippen LogP contribution is -2.49. The number of piperazine rings is 1. The number of hydrogen-bond acceptors (Lipinski definition) is 4. The summed E-state index contributed by atoms with van der Waals surface area (Å²) >= 11 is 0. The first kappa shape index (κ1) is 16.4. The van der Waals surface area contributed by atoms with Crippen molar-refractivity contribution in [1.29, 1.82) is 0 Å². The van der Waals surface area contributed by atoms with Crippen LogP contribution in [-0.2, 0) is 16.6 Å². The molecule has 5 nitrogen and oxygen atoms in total. The van der Waals surface area contributed by atoms with Crippen molar-refractivity contribution >= 4 is 10.0 Å². The fourth-order valence-corrected chi connectivity index (χ4v) is 4.12. The highest BCUT2D eigenvalue weighted by Gasteiger charge is 2.28. The van der Waals surface area contributed by atoms with Gasteiger partial charge in [0.2, 0.25) is 10.0 Å². The highest BCUT2D eigenvalue weighted by molar-refractivity contribution is 7.89. The lowest BCUT2D eigenvalue weighted by molar-refractivity contribution is 0.172. The first-order chi connectivity index (χ1) is 9.93. The van der Waals surface area contributed by atoms with Crippen molar-refractivity contribution in [3.63, 3.8) is 0 Å². The standard InChI is InChI=1S/C15H24N2O3S/c1-13(2)11-16-6-8-17(9-7-16)21(19,20)15-5-3-4-14(10-15)12-18/h3-5,10,13,18H,6-9,11-12H2,1-2H3. The van der Waals surface area contributed by atoms with Gasteiger partial charge in [0.15, 0.2) is 0 Å². The molecule has 0 aromatic heterocycles. The molecule has 1 heterocycles. The van der Waals surface area contributed by atoms with Gasteiger partial charge in [0.1, 0.15) is 0 Å². The summed E-state index contributed by atoms with van der Waals surface area (Å²) in [6.07, 6.45) is 0. The van der Waals surface area contributed by atoms with Gasteiger partial charge in [-0.1, -0.05) is 26.0 Å². The van der Waals surface area contributed by atoms with Crippen molar-refractivity contribution in [2.75, 3.05) is 32.7 Å². The second kappa shape index (κ2) is 6.87. The Hall–Kier alpha value is -0.950. The summed E-state index contributed by atoms with van der Waals surface area (Å²) in [7, 11) is -3.45. The molecular weight excluding hydrogens is 288 g/mol. The third-order valence-corrected chi connectivity index (χ3v) is 5.57. The number of hydrogen-bond donors (Lipinski definition) is 1. The van der Waals surface area contributed by atoms with Crippen LogP contribution in [0.25, 0.3) is 0 Å². The molecule has 2 rings (SSSR count). The van der Waals surface area contributed by atoms with Gasteiger partial charge in [0, 0.05) is 32.7 Å². The van der Waals surface area contributed by atoms with Gasteiger partial charge < -0.3 is 10.0 Å². The zero-order valence-corrected chi connectivity index (χ0v) is 13.5. The van der Waals surface area contributed by atoms with Crippen LogP contribution >= 0.6 is 0 Å². The molecule has 0 amide bonds. The summed E-state index contributed by atoms with van der Waals surface area (Å²) in [5, 5.41) is 9.14. The molecule has 21 heavy (non-hydrogen) atoms. The Morgan fingerprint density at radius 3 is 2.43 bits per heavy atom. The first-order valence-electron chi connectivity index (χ1n) is 7.36. The largest absolute Gasteiger partial charge is 0.392 e. The Morgan fingerprint density at radius 2 is 1.86 bits per heavy atom. The van der Waals surface area contributed by atoms with Gasteiger partial charge in [-0.15, -0.1) is 0 Å². The van der Waals surface area contributed by atoms with Crippen molar-refractivity contribution in [2.24, 2.45) is 5.92 Å². The van der Waals surface area contributed by atoms with E-state index in [1.165, 1.54) is 0 Å². The third-order valence-electron chi connectivity index (χ3n) is 3.67. The summed E-state index contributed by atoms with van der Waals surface area (Å²) in [6.45, 7) is 7.80. The topological polar surface area (TPSA) is 60.9 Å². The second-order valence-corrected chi connectivity index (χ2v) is 7.84. The van der Waals surface area contributed by atoms with Gasteiger partial charge in [0.05, 0.1) is 11.5 Å². The molecule has 1 aliphatic heterocycles. The number of sulfonamides is 1. The Kier molecular flexibility index (Phi) is 5.37. The van der Waals surface area contributed by atoms with Crippen molar-refractivity contribution in [3.8, 4) is 0 Å². The number of aliphatic hydroxyl groups is 1. The lowest BCUT2D eigenvalue weighted by Gasteiger charge is -2.34. The van der Waals surface area contributed by atoms with Gasteiger partial charge in [-0.3, -0.25) is 0 Å². The minimum absolute atomic E-state index is 0.147. The summed E-state index contributed by atoms with van der Waals surface area (Å²) in [5.41, 5.74) is 0.620. The number of rotatable bonds is 5. The van der Waals surface area contributed by atoms with Crippen LogP contribution in [0.5, 0.6) is 0 Å². The molecule has 1 aromatic rings. The van der Waals surface area contributed by atoms with Crippen LogP contribution in [0, 0.1) is 5.92 Å². The van der Waals surface area contributed by atoms with Gasteiger partial charge in [0.25, 0.3) is 0 Å². The summed E-state index contributed by atoms with van der Waals surface area (Å²) in [6, 6.07) is 6.54. The molecule has 0 saturated carbocycles. The normalized spacial score (nSPS) is 18.3. The molecular formula is C15H24N2O3S. The fourth-order valence-electron chi connectivity index (χ4n) is 2.62. The van der Waals surface area contributed by atoms with E-state index in [0.29, 0.717) is 24.6 Å². The van der Waals surface area contributed by atoms with Crippen LogP contribution in [-0.4, -0.2) is 55.5 Å². The predicted octanol–water partition coefficient (Wildman–Crippen LogP) is 1.14. The van der Waals surface area contributed by atoms with E-state index >= 15 is 0 Å². The molecule has 1 saturated heterocycles. The quantitative estimate of drug-likeness (QED) is 0.886. The minimum Gasteiger partial charge on any atom is -0.392 e. The average Bonchev–Trinajstić information content (AvgIpc) is 2.47. The van der Waals surface area contributed by atoms with Gasteiger partial charge >= 0.3 is 0 Å². The van der Waals surface area contributed by atoms with Crippen molar-refractivity contribution in [1.82, 2.24) is 9.21 Å². The predicted molar refractivity (Wildman–Crippen MR) is 82.4 cm³/mol. The molecule has 1 fully saturated rings. The van der Waals surface area contributed by atoms with Gasteiger partial charge in [-0.25, -0.2) is 8.42 Å². The van der Waals surface area contributed by atoms with Crippen LogP contribution in [0.2, 0.25) is 0 Å². The third kappa shape index (κ3) is 4.03. The highest BCUT2D eigenvalue weighted by atomic mass is 32.2. The molecule has 1 aromatic carbocycles. The number of nitrogens with zero attached hydrogens (tertiary/aromatic N) is 2. The molecule has 0 spiro atoms. The van der Waals surface area contributed by atoms with E-state index in [-0.39, 0.29) is 11.5 Å². The molecule has 0 unspecified atom stereocenters. The number of benzene rings is 1. The van der Waals surface area contributed by atoms with E-state index in [9.17, 15) is 8.42 Å². The van der Waals surface area contributed by atoms with E-state index in [4.69, 9.17) is 5.11 Å². The molecule has 0 aliphatic carbocycles. The maximum atomic E-state index is 12.6. The number of aliphatic hydroxyl groups excluding tert-OH is 1. The first-order valence-corrected chi connectivity index (χ1v) is 8.80. The monoisotopic (exact) mass is 312 g/mol. The van der Waals surface area contributed by atoms with E-state index in [1.54, 1.807) is 28.6 Å². The molecule has 0 bridgehead atoms. The fraction of sp³-hybridized carbons (Fsp3) is 0.600. The zero-order chi connectivity index (χ0) is 15.5. The summed E-state index contributed by atoms with van der Waals surface area (Å²) in [5.74, 6) is 0.592. The highest BCUT2D eigenvalue weighted by Crippen LogP contribution is 2.19. The van der Waals surface area contributed by atoms with Crippen LogP contribution in [0.4, 0.5) is 0 Å². The van der Waals surface area contributed by atoms with Crippen LogP contribution in [0.1, 0.15) is 19.4 Å². The van der Waals surface area contributed by atoms with Gasteiger partial charge in [-0.05, 0) is 23.6 Å². The second-order valence-electron chi connectivity index (χ2n) is 5.90. The maximum absolute atomic E-state index is 12.6.